The van der Waals surface area contributed by atoms with Crippen LogP contribution in [0.4, 0.5) is 5.69 Å². The Hall–Kier alpha value is -3.36. The highest BCUT2D eigenvalue weighted by Crippen LogP contribution is 2.31. The van der Waals surface area contributed by atoms with Crippen molar-refractivity contribution in [3.63, 3.8) is 0 Å². The van der Waals surface area contributed by atoms with Crippen molar-refractivity contribution >= 4 is 21.6 Å². The molecule has 0 aromatic heterocycles. The first-order valence-electron chi connectivity index (χ1n) is 11.3. The first-order chi connectivity index (χ1) is 16.5. The van der Waals surface area contributed by atoms with E-state index in [0.29, 0.717) is 35.9 Å². The third kappa shape index (κ3) is 5.58. The number of hydrogen-bond donors (Lipinski definition) is 1. The van der Waals surface area contributed by atoms with Crippen molar-refractivity contribution in [3.05, 3.63) is 78.4 Å². The molecule has 0 aliphatic carbocycles. The van der Waals surface area contributed by atoms with Gasteiger partial charge in [0.15, 0.2) is 0 Å². The van der Waals surface area contributed by atoms with E-state index in [-0.39, 0.29) is 10.6 Å². The van der Waals surface area contributed by atoms with Crippen LogP contribution in [-0.4, -0.2) is 38.8 Å². The monoisotopic (exact) mass is 480 g/mol. The Morgan fingerprint density at radius 1 is 0.853 bits per heavy atom. The molecule has 1 fully saturated rings. The van der Waals surface area contributed by atoms with Crippen molar-refractivity contribution in [2.45, 2.75) is 30.6 Å². The molecule has 1 N–H and O–H groups in total. The number of sulfonamides is 1. The maximum absolute atomic E-state index is 13.2. The van der Waals surface area contributed by atoms with Crippen LogP contribution in [0.5, 0.6) is 17.2 Å². The highest BCUT2D eigenvalue weighted by atomic mass is 32.2. The molecule has 1 aliphatic heterocycles. The lowest BCUT2D eigenvalue weighted by Crippen LogP contribution is -2.32. The number of para-hydroxylation sites is 1. The largest absolute Gasteiger partial charge is 0.495 e. The number of nitrogens with zero attached hydrogens (tertiary/aromatic N) is 1. The van der Waals surface area contributed by atoms with E-state index < -0.39 is 15.9 Å². The normalized spacial score (nSPS) is 14.7. The number of rotatable bonds is 7. The van der Waals surface area contributed by atoms with Crippen molar-refractivity contribution in [3.8, 4) is 17.2 Å². The summed E-state index contributed by atoms with van der Waals surface area (Å²) in [4.78, 5) is 13.1. The van der Waals surface area contributed by atoms with E-state index in [4.69, 9.17) is 9.47 Å². The summed E-state index contributed by atoms with van der Waals surface area (Å²) < 4.78 is 39.2. The maximum atomic E-state index is 13.2. The third-order valence-corrected chi connectivity index (χ3v) is 7.59. The van der Waals surface area contributed by atoms with Crippen LogP contribution in [0.25, 0.3) is 0 Å². The molecule has 1 heterocycles. The molecule has 0 atom stereocenters. The molecule has 4 rings (SSSR count). The van der Waals surface area contributed by atoms with Gasteiger partial charge in [-0.1, -0.05) is 37.1 Å². The van der Waals surface area contributed by atoms with Gasteiger partial charge in [0.25, 0.3) is 5.91 Å². The van der Waals surface area contributed by atoms with Crippen LogP contribution in [0.1, 0.15) is 36.0 Å². The highest BCUT2D eigenvalue weighted by Gasteiger charge is 2.26. The summed E-state index contributed by atoms with van der Waals surface area (Å²) in [5, 5.41) is 2.79. The molecule has 3 aromatic rings. The number of hydrogen-bond acceptors (Lipinski definition) is 5. The molecule has 0 spiro atoms. The molecule has 8 heteroatoms. The van der Waals surface area contributed by atoms with Crippen LogP contribution in [-0.2, 0) is 10.0 Å². The van der Waals surface area contributed by atoms with Gasteiger partial charge in [0.2, 0.25) is 10.0 Å². The lowest BCUT2D eigenvalue weighted by atomic mass is 10.2. The van der Waals surface area contributed by atoms with Crippen LogP contribution >= 0.6 is 0 Å². The van der Waals surface area contributed by atoms with Crippen molar-refractivity contribution in [1.82, 2.24) is 4.31 Å². The van der Waals surface area contributed by atoms with E-state index >= 15 is 0 Å². The van der Waals surface area contributed by atoms with Gasteiger partial charge in [0.05, 0.1) is 17.7 Å². The number of carbonyl (C=O) groups is 1. The minimum absolute atomic E-state index is 0.131. The van der Waals surface area contributed by atoms with Crippen molar-refractivity contribution in [1.29, 1.82) is 0 Å². The second-order valence-corrected chi connectivity index (χ2v) is 10.0. The van der Waals surface area contributed by atoms with Gasteiger partial charge in [-0.2, -0.15) is 4.31 Å². The molecule has 7 nitrogen and oxygen atoms in total. The molecule has 178 valence electrons. The van der Waals surface area contributed by atoms with Crippen LogP contribution in [0.2, 0.25) is 0 Å². The Morgan fingerprint density at radius 3 is 2.26 bits per heavy atom. The fourth-order valence-electron chi connectivity index (χ4n) is 3.90. The summed E-state index contributed by atoms with van der Waals surface area (Å²) in [6.07, 6.45) is 3.76. The minimum Gasteiger partial charge on any atom is -0.495 e. The van der Waals surface area contributed by atoms with E-state index in [1.54, 1.807) is 30.3 Å². The molecule has 0 unspecified atom stereocenters. The smallest absolute Gasteiger partial charge is 0.255 e. The summed E-state index contributed by atoms with van der Waals surface area (Å²) in [5.41, 5.74) is 0.661. The number of benzene rings is 3. The first kappa shape index (κ1) is 23.8. The quantitative estimate of drug-likeness (QED) is 0.496. The maximum Gasteiger partial charge on any atom is 0.255 e. The number of ether oxygens (including phenoxy) is 2. The molecule has 0 bridgehead atoms. The van der Waals surface area contributed by atoms with E-state index in [0.717, 1.165) is 25.7 Å². The topological polar surface area (TPSA) is 84.9 Å². The first-order valence-corrected chi connectivity index (χ1v) is 12.7. The molecular formula is C26H28N2O5S. The summed E-state index contributed by atoms with van der Waals surface area (Å²) >= 11 is 0. The van der Waals surface area contributed by atoms with E-state index in [2.05, 4.69) is 5.32 Å². The van der Waals surface area contributed by atoms with Crippen LogP contribution in [0.15, 0.2) is 77.7 Å². The SMILES string of the molecule is COc1ccc(S(=O)(=O)N2CCCCCC2)cc1NC(=O)c1cccc(Oc2ccccc2)c1. The van der Waals surface area contributed by atoms with Gasteiger partial charge in [-0.25, -0.2) is 8.42 Å². The van der Waals surface area contributed by atoms with Gasteiger partial charge >= 0.3 is 0 Å². The predicted molar refractivity (Wildman–Crippen MR) is 131 cm³/mol. The van der Waals surface area contributed by atoms with Crippen molar-refractivity contribution in [2.75, 3.05) is 25.5 Å². The summed E-state index contributed by atoms with van der Waals surface area (Å²) in [6, 6.07) is 20.6. The lowest BCUT2D eigenvalue weighted by molar-refractivity contribution is 0.102. The lowest BCUT2D eigenvalue weighted by Gasteiger charge is -2.21. The molecule has 34 heavy (non-hydrogen) atoms. The molecular weight excluding hydrogens is 452 g/mol. The molecule has 1 saturated heterocycles. The number of methoxy groups -OCH3 is 1. The zero-order chi connectivity index (χ0) is 24.0. The number of amides is 1. The Morgan fingerprint density at radius 2 is 1.56 bits per heavy atom. The average molecular weight is 481 g/mol. The zero-order valence-corrected chi connectivity index (χ0v) is 19.9. The summed E-state index contributed by atoms with van der Waals surface area (Å²) in [7, 11) is -2.19. The second-order valence-electron chi connectivity index (χ2n) is 8.08. The zero-order valence-electron chi connectivity index (χ0n) is 19.1. The Kier molecular flexibility index (Phi) is 7.49. The van der Waals surface area contributed by atoms with Gasteiger partial charge in [0, 0.05) is 18.7 Å². The van der Waals surface area contributed by atoms with E-state index in [1.807, 2.05) is 30.3 Å². The highest BCUT2D eigenvalue weighted by molar-refractivity contribution is 7.89. The molecule has 0 saturated carbocycles. The van der Waals surface area contributed by atoms with Crippen molar-refractivity contribution < 1.29 is 22.7 Å². The van der Waals surface area contributed by atoms with Crippen LogP contribution in [0.3, 0.4) is 0 Å². The van der Waals surface area contributed by atoms with E-state index in [9.17, 15) is 13.2 Å². The van der Waals surface area contributed by atoms with Gasteiger partial charge in [-0.3, -0.25) is 4.79 Å². The number of carbonyl (C=O) groups excluding carboxylic acids is 1. The predicted octanol–water partition coefficient (Wildman–Crippen LogP) is 5.30. The van der Waals surface area contributed by atoms with Crippen LogP contribution in [0, 0.1) is 0 Å². The van der Waals surface area contributed by atoms with E-state index in [1.165, 1.54) is 23.5 Å². The van der Waals surface area contributed by atoms with Gasteiger partial charge in [-0.15, -0.1) is 0 Å². The molecule has 1 amide bonds. The number of nitrogens with one attached hydrogen (secondary N) is 1. The van der Waals surface area contributed by atoms with Crippen LogP contribution < -0.4 is 14.8 Å². The molecule has 3 aromatic carbocycles. The standard InChI is InChI=1S/C26H28N2O5S/c1-32-25-15-14-23(34(30,31)28-16-7-2-3-8-17-28)19-24(25)27-26(29)20-10-9-13-22(18-20)33-21-11-5-4-6-12-21/h4-6,9-15,18-19H,2-3,7-8,16-17H2,1H3,(H,27,29). The Balaban J connectivity index is 1.56. The van der Waals surface area contributed by atoms with Gasteiger partial charge in [-0.05, 0) is 61.4 Å². The van der Waals surface area contributed by atoms with Crippen molar-refractivity contribution in [2.24, 2.45) is 0 Å². The summed E-state index contributed by atoms with van der Waals surface area (Å²) in [6.45, 7) is 1.01. The summed E-state index contributed by atoms with van der Waals surface area (Å²) in [5.74, 6) is 1.15. The minimum atomic E-state index is -3.67. The number of anilines is 1. The third-order valence-electron chi connectivity index (χ3n) is 5.70. The molecule has 1 aliphatic rings. The second kappa shape index (κ2) is 10.7. The fraction of sp³-hybridized carbons (Fsp3) is 0.269. The Bertz CT molecular complexity index is 1240. The molecule has 0 radical (unpaired) electrons. The Labute approximate surface area is 200 Å². The van der Waals surface area contributed by atoms with Gasteiger partial charge < -0.3 is 14.8 Å². The fourth-order valence-corrected chi connectivity index (χ4v) is 5.44. The average Bonchev–Trinajstić information content (AvgIpc) is 3.15. The van der Waals surface area contributed by atoms with Gasteiger partial charge in [0.1, 0.15) is 17.2 Å².